The average Bonchev–Trinajstić information content (AvgIpc) is 3.59. The molecule has 2 aliphatic rings. The van der Waals surface area contributed by atoms with Gasteiger partial charge in [-0.05, 0) is 0 Å². The number of benzene rings is 6. The zero-order valence-corrected chi connectivity index (χ0v) is 22.6. The summed E-state index contributed by atoms with van der Waals surface area (Å²) in [6.07, 6.45) is 2.01. The van der Waals surface area contributed by atoms with Crippen LogP contribution in [0.3, 0.4) is 0 Å². The van der Waals surface area contributed by atoms with Crippen molar-refractivity contribution < 1.29 is 15.0 Å². The molecule has 2 aliphatic carbocycles. The first kappa shape index (κ1) is 22.8. The SMILES string of the molecule is c1ccc(-c2cc[c]([Fe][c]3ccc(-c4ccccc4)c4c3Cc3ccccc3-4)c3c2-c2ccccc2C3)cc1. The normalized spacial score (nSPS) is 12.6. The molecule has 6 aromatic carbocycles. The second-order valence-electron chi connectivity index (χ2n) is 10.4. The Hall–Kier alpha value is -4.16. The third kappa shape index (κ3) is 3.73. The summed E-state index contributed by atoms with van der Waals surface area (Å²) in [4.78, 5) is 0. The zero-order chi connectivity index (χ0) is 25.8. The summed E-state index contributed by atoms with van der Waals surface area (Å²) in [6.45, 7) is 0. The van der Waals surface area contributed by atoms with E-state index in [9.17, 15) is 0 Å². The van der Waals surface area contributed by atoms with E-state index in [0.29, 0.717) is 0 Å². The molecule has 0 radical (unpaired) electrons. The van der Waals surface area contributed by atoms with Crippen molar-refractivity contribution in [3.8, 4) is 44.5 Å². The van der Waals surface area contributed by atoms with E-state index in [1.54, 1.807) is 0 Å². The molecule has 0 spiro atoms. The Bertz CT molecular complexity index is 1730. The Balaban J connectivity index is 1.29. The van der Waals surface area contributed by atoms with Crippen LogP contribution >= 0.6 is 0 Å². The van der Waals surface area contributed by atoms with E-state index in [1.165, 1.54) is 75.7 Å². The number of rotatable bonds is 4. The molecule has 0 heterocycles. The molecule has 0 aromatic heterocycles. The van der Waals surface area contributed by atoms with Gasteiger partial charge in [0, 0.05) is 0 Å². The molecule has 0 saturated heterocycles. The first-order valence-electron chi connectivity index (χ1n) is 13.6. The maximum absolute atomic E-state index is 2.40. The van der Waals surface area contributed by atoms with Crippen molar-refractivity contribution in [3.63, 3.8) is 0 Å². The molecule has 0 fully saturated rings. The molecule has 1 heteroatoms. The predicted molar refractivity (Wildman–Crippen MR) is 160 cm³/mol. The van der Waals surface area contributed by atoms with Crippen molar-refractivity contribution in [2.45, 2.75) is 12.8 Å². The quantitative estimate of drug-likeness (QED) is 0.198. The molecule has 39 heavy (non-hydrogen) atoms. The number of hydrogen-bond acceptors (Lipinski definition) is 0. The Kier molecular flexibility index (Phi) is 5.40. The van der Waals surface area contributed by atoms with Crippen LogP contribution in [0.4, 0.5) is 0 Å². The molecule has 0 unspecified atom stereocenters. The molecular weight excluding hydrogens is 512 g/mol. The van der Waals surface area contributed by atoms with E-state index in [-0.39, 0.29) is 0 Å². The van der Waals surface area contributed by atoms with E-state index in [4.69, 9.17) is 0 Å². The summed E-state index contributed by atoms with van der Waals surface area (Å²) < 4.78 is 2.90. The van der Waals surface area contributed by atoms with Crippen molar-refractivity contribution >= 4 is 8.92 Å². The second kappa shape index (κ2) is 9.24. The molecule has 8 rings (SSSR count). The van der Waals surface area contributed by atoms with Gasteiger partial charge in [-0.3, -0.25) is 0 Å². The molecule has 6 aromatic rings. The summed E-state index contributed by atoms with van der Waals surface area (Å²) in [7, 11) is 0. The van der Waals surface area contributed by atoms with Crippen LogP contribution < -0.4 is 8.92 Å². The fraction of sp³-hybridized carbons (Fsp3) is 0.0526. The van der Waals surface area contributed by atoms with E-state index < -0.39 is 0 Å². The predicted octanol–water partition coefficient (Wildman–Crippen LogP) is 8.20. The molecule has 0 saturated carbocycles. The van der Waals surface area contributed by atoms with Gasteiger partial charge in [-0.1, -0.05) is 0 Å². The van der Waals surface area contributed by atoms with Gasteiger partial charge < -0.3 is 0 Å². The fourth-order valence-electron chi connectivity index (χ4n) is 6.39. The Labute approximate surface area is 236 Å². The van der Waals surface area contributed by atoms with Gasteiger partial charge in [0.2, 0.25) is 0 Å². The van der Waals surface area contributed by atoms with E-state index >= 15 is 0 Å². The van der Waals surface area contributed by atoms with Crippen LogP contribution in [0.1, 0.15) is 22.3 Å². The standard InChI is InChI=1S/2C19H13.Fe/c2*1-2-7-14(8-3-1)17-12-6-10-16-13-15-9-4-5-11-18(15)19(16)17;/h2*1-9,11-12H,13H2;. The zero-order valence-electron chi connectivity index (χ0n) is 21.5. The number of fused-ring (bicyclic) bond motifs is 6. The van der Waals surface area contributed by atoms with Crippen LogP contribution in [0.15, 0.2) is 133 Å². The van der Waals surface area contributed by atoms with Crippen molar-refractivity contribution in [2.24, 2.45) is 0 Å². The fourth-order valence-corrected chi connectivity index (χ4v) is 7.89. The maximum atomic E-state index is 2.40. The first-order valence-corrected chi connectivity index (χ1v) is 14.7. The second-order valence-corrected chi connectivity index (χ2v) is 11.8. The summed E-state index contributed by atoms with van der Waals surface area (Å²) in [5.74, 6) is 0. The molecule has 186 valence electrons. The van der Waals surface area contributed by atoms with Crippen molar-refractivity contribution in [2.75, 3.05) is 0 Å². The van der Waals surface area contributed by atoms with Crippen LogP contribution in [0.25, 0.3) is 44.5 Å². The summed E-state index contributed by atoms with van der Waals surface area (Å²) in [5, 5.41) is 0. The Morgan fingerprint density at radius 1 is 0.359 bits per heavy atom. The van der Waals surface area contributed by atoms with Gasteiger partial charge in [0.1, 0.15) is 0 Å². The summed E-state index contributed by atoms with van der Waals surface area (Å²) in [5.41, 5.74) is 16.8. The monoisotopic (exact) mass is 538 g/mol. The summed E-state index contributed by atoms with van der Waals surface area (Å²) in [6, 6.07) is 49.2. The third-order valence-corrected chi connectivity index (χ3v) is 9.79. The topological polar surface area (TPSA) is 0 Å². The molecule has 0 aliphatic heterocycles. The minimum absolute atomic E-state index is 0.955. The van der Waals surface area contributed by atoms with Gasteiger partial charge in [0.15, 0.2) is 0 Å². The van der Waals surface area contributed by atoms with Crippen LogP contribution in [0.5, 0.6) is 0 Å². The van der Waals surface area contributed by atoms with Crippen molar-refractivity contribution in [3.05, 3.63) is 156 Å². The molecule has 0 nitrogen and oxygen atoms in total. The molecular formula is C38H26Fe. The molecule has 0 amide bonds. The third-order valence-electron chi connectivity index (χ3n) is 8.16. The van der Waals surface area contributed by atoms with Gasteiger partial charge in [0.25, 0.3) is 0 Å². The van der Waals surface area contributed by atoms with Gasteiger partial charge in [-0.25, -0.2) is 0 Å². The first-order chi connectivity index (χ1) is 19.3. The van der Waals surface area contributed by atoms with Gasteiger partial charge >= 0.3 is 237 Å². The summed E-state index contributed by atoms with van der Waals surface area (Å²) >= 11 is 0.955. The molecule has 0 atom stereocenters. The molecule has 0 N–H and O–H groups in total. The molecule has 0 bridgehead atoms. The average molecular weight is 538 g/mol. The van der Waals surface area contributed by atoms with E-state index in [0.717, 1.165) is 27.8 Å². The van der Waals surface area contributed by atoms with Crippen molar-refractivity contribution in [1.82, 2.24) is 0 Å². The van der Waals surface area contributed by atoms with Crippen molar-refractivity contribution in [1.29, 1.82) is 0 Å². The Morgan fingerprint density at radius 2 is 0.769 bits per heavy atom. The van der Waals surface area contributed by atoms with E-state index in [1.807, 2.05) is 0 Å². The van der Waals surface area contributed by atoms with E-state index in [2.05, 4.69) is 133 Å². The van der Waals surface area contributed by atoms with Crippen LogP contribution in [-0.2, 0) is 27.8 Å². The minimum atomic E-state index is 0.955. The Morgan fingerprint density at radius 3 is 1.23 bits per heavy atom. The van der Waals surface area contributed by atoms with Crippen LogP contribution in [-0.4, -0.2) is 0 Å². The van der Waals surface area contributed by atoms with Gasteiger partial charge in [0.05, 0.1) is 0 Å². The van der Waals surface area contributed by atoms with Crippen LogP contribution in [0, 0.1) is 0 Å². The number of hydrogen-bond donors (Lipinski definition) is 0. The van der Waals surface area contributed by atoms with Gasteiger partial charge in [-0.15, -0.1) is 0 Å². The van der Waals surface area contributed by atoms with Crippen LogP contribution in [0.2, 0.25) is 0 Å². The van der Waals surface area contributed by atoms with Gasteiger partial charge in [-0.2, -0.15) is 0 Å².